The number of hydrogen-bond donors (Lipinski definition) is 0. The second kappa shape index (κ2) is 3.00. The van der Waals surface area contributed by atoms with Gasteiger partial charge in [0, 0.05) is 28.5 Å². The largest absolute Gasteiger partial charge is 0.347 e. The minimum atomic E-state index is 0.719. The van der Waals surface area contributed by atoms with E-state index in [0.717, 1.165) is 27.2 Å². The Balaban J connectivity index is 2.88. The maximum absolute atomic E-state index is 10.8. The highest BCUT2D eigenvalue weighted by molar-refractivity contribution is 9.10. The summed E-state index contributed by atoms with van der Waals surface area (Å²) in [5.41, 5.74) is 0.719. The molecule has 0 amide bonds. The van der Waals surface area contributed by atoms with Crippen molar-refractivity contribution >= 4 is 33.0 Å². The van der Waals surface area contributed by atoms with Crippen LogP contribution in [-0.4, -0.2) is 10.9 Å². The van der Waals surface area contributed by atoms with E-state index >= 15 is 0 Å². The van der Waals surface area contributed by atoms with Gasteiger partial charge in [0.15, 0.2) is 6.29 Å². The first kappa shape index (κ1) is 8.51. The number of aldehydes is 1. The van der Waals surface area contributed by atoms with Crippen LogP contribution in [0.4, 0.5) is 0 Å². The fourth-order valence-corrected chi connectivity index (χ4v) is 1.84. The highest BCUT2D eigenvalue weighted by atomic mass is 79.9. The second-order valence-electron chi connectivity index (χ2n) is 2.97. The number of carbonyl (C=O) groups is 1. The molecule has 0 radical (unpaired) electrons. The molecule has 0 N–H and O–H groups in total. The molecule has 1 aromatic carbocycles. The minimum Gasteiger partial charge on any atom is -0.347 e. The van der Waals surface area contributed by atoms with Crippen molar-refractivity contribution in [1.29, 1.82) is 0 Å². The van der Waals surface area contributed by atoms with E-state index in [1.165, 1.54) is 0 Å². The van der Waals surface area contributed by atoms with Gasteiger partial charge in [-0.15, -0.1) is 0 Å². The number of fused-ring (bicyclic) bond motifs is 1. The predicted octanol–water partition coefficient (Wildman–Crippen LogP) is 2.75. The summed E-state index contributed by atoms with van der Waals surface area (Å²) in [7, 11) is 1.87. The Morgan fingerprint density at radius 3 is 2.92 bits per heavy atom. The highest BCUT2D eigenvalue weighted by Gasteiger charge is 2.05. The average Bonchev–Trinajstić information content (AvgIpc) is 2.40. The van der Waals surface area contributed by atoms with E-state index in [1.807, 2.05) is 36.0 Å². The lowest BCUT2D eigenvalue weighted by molar-refractivity contribution is 0.111. The van der Waals surface area contributed by atoms with Crippen LogP contribution in [0.25, 0.3) is 10.8 Å². The lowest BCUT2D eigenvalue weighted by Crippen LogP contribution is -1.91. The normalized spacial score (nSPS) is 10.6. The zero-order valence-electron chi connectivity index (χ0n) is 7.12. The summed E-state index contributed by atoms with van der Waals surface area (Å²) in [6.07, 6.45) is 2.83. The molecule has 3 heteroatoms. The van der Waals surface area contributed by atoms with Gasteiger partial charge in [-0.1, -0.05) is 22.0 Å². The van der Waals surface area contributed by atoms with Crippen LogP contribution in [0, 0.1) is 0 Å². The Morgan fingerprint density at radius 2 is 2.23 bits per heavy atom. The average molecular weight is 238 g/mol. The third kappa shape index (κ3) is 1.29. The summed E-state index contributed by atoms with van der Waals surface area (Å²) in [6, 6.07) is 5.92. The van der Waals surface area contributed by atoms with Gasteiger partial charge in [0.1, 0.15) is 0 Å². The molecule has 2 rings (SSSR count). The summed E-state index contributed by atoms with van der Waals surface area (Å²) >= 11 is 3.38. The summed E-state index contributed by atoms with van der Waals surface area (Å²) < 4.78 is 2.83. The number of carbonyl (C=O) groups excluding carboxylic acids is 1. The molecule has 2 nitrogen and oxygen atoms in total. The second-order valence-corrected chi connectivity index (χ2v) is 3.89. The fraction of sp³-hybridized carbons (Fsp3) is 0.100. The van der Waals surface area contributed by atoms with E-state index in [0.29, 0.717) is 0 Å². The molecule has 0 bridgehead atoms. The van der Waals surface area contributed by atoms with Crippen LogP contribution in [0.1, 0.15) is 10.5 Å². The Hall–Kier alpha value is -1.09. The molecule has 0 aliphatic carbocycles. The van der Waals surface area contributed by atoms with Crippen LogP contribution in [0.5, 0.6) is 0 Å². The van der Waals surface area contributed by atoms with E-state index in [2.05, 4.69) is 15.9 Å². The highest BCUT2D eigenvalue weighted by Crippen LogP contribution is 2.23. The first-order chi connectivity index (χ1) is 6.22. The zero-order valence-corrected chi connectivity index (χ0v) is 8.71. The molecule has 0 atom stereocenters. The van der Waals surface area contributed by atoms with Gasteiger partial charge < -0.3 is 4.57 Å². The smallest absolute Gasteiger partial charge is 0.167 e. The van der Waals surface area contributed by atoms with Gasteiger partial charge in [0.25, 0.3) is 0 Å². The summed E-state index contributed by atoms with van der Waals surface area (Å²) in [5, 5.41) is 2.08. The van der Waals surface area contributed by atoms with Crippen molar-refractivity contribution in [1.82, 2.24) is 4.57 Å². The standard InChI is InChI=1S/C10H8BrNO/c1-12-5-7-2-3-8(11)4-9(7)10(12)6-13/h2-6H,1H3. The van der Waals surface area contributed by atoms with Crippen LogP contribution in [0.15, 0.2) is 28.9 Å². The van der Waals surface area contributed by atoms with E-state index in [1.54, 1.807) is 0 Å². The molecule has 0 fully saturated rings. The zero-order chi connectivity index (χ0) is 9.42. The Kier molecular flexibility index (Phi) is 1.96. The summed E-state index contributed by atoms with van der Waals surface area (Å²) in [4.78, 5) is 10.8. The van der Waals surface area contributed by atoms with E-state index in [-0.39, 0.29) is 0 Å². The molecule has 0 saturated heterocycles. The molecule has 66 valence electrons. The molecule has 0 saturated carbocycles. The van der Waals surface area contributed by atoms with Crippen LogP contribution in [0.3, 0.4) is 0 Å². The molecule has 1 heterocycles. The Bertz CT molecular complexity index is 473. The fourth-order valence-electron chi connectivity index (χ4n) is 1.48. The molecule has 13 heavy (non-hydrogen) atoms. The van der Waals surface area contributed by atoms with Crippen LogP contribution in [-0.2, 0) is 7.05 Å². The number of benzene rings is 1. The van der Waals surface area contributed by atoms with Gasteiger partial charge in [-0.25, -0.2) is 0 Å². The molecule has 2 aromatic rings. The number of hydrogen-bond acceptors (Lipinski definition) is 1. The predicted molar refractivity (Wildman–Crippen MR) is 56.0 cm³/mol. The third-order valence-corrected chi connectivity index (χ3v) is 2.61. The topological polar surface area (TPSA) is 22.0 Å². The van der Waals surface area contributed by atoms with Crippen LogP contribution in [0.2, 0.25) is 0 Å². The Labute approximate surface area is 84.3 Å². The minimum absolute atomic E-state index is 0.719. The lowest BCUT2D eigenvalue weighted by atomic mass is 10.2. The third-order valence-electron chi connectivity index (χ3n) is 2.12. The number of rotatable bonds is 1. The monoisotopic (exact) mass is 237 g/mol. The van der Waals surface area contributed by atoms with Gasteiger partial charge in [-0.3, -0.25) is 4.79 Å². The number of aromatic nitrogens is 1. The van der Waals surface area contributed by atoms with Crippen molar-refractivity contribution in [2.45, 2.75) is 0 Å². The maximum Gasteiger partial charge on any atom is 0.167 e. The van der Waals surface area contributed by atoms with Gasteiger partial charge in [0.2, 0.25) is 0 Å². The number of nitrogens with zero attached hydrogens (tertiary/aromatic N) is 1. The van der Waals surface area contributed by atoms with Crippen molar-refractivity contribution in [3.63, 3.8) is 0 Å². The van der Waals surface area contributed by atoms with Crippen molar-refractivity contribution in [3.8, 4) is 0 Å². The molecule has 0 unspecified atom stereocenters. The molecular weight excluding hydrogens is 230 g/mol. The molecule has 1 aromatic heterocycles. The van der Waals surface area contributed by atoms with Crippen molar-refractivity contribution in [2.75, 3.05) is 0 Å². The molecule has 0 aliphatic heterocycles. The quantitative estimate of drug-likeness (QED) is 0.700. The first-order valence-electron chi connectivity index (χ1n) is 3.92. The van der Waals surface area contributed by atoms with E-state index in [9.17, 15) is 4.79 Å². The molecule has 0 aliphatic rings. The SMILES string of the molecule is Cn1cc2ccc(Br)cc2c1C=O. The molecule has 0 spiro atoms. The maximum atomic E-state index is 10.8. The van der Waals surface area contributed by atoms with Gasteiger partial charge in [-0.05, 0) is 12.1 Å². The van der Waals surface area contributed by atoms with Gasteiger partial charge in [-0.2, -0.15) is 0 Å². The van der Waals surface area contributed by atoms with Crippen LogP contribution >= 0.6 is 15.9 Å². The van der Waals surface area contributed by atoms with Crippen LogP contribution < -0.4 is 0 Å². The van der Waals surface area contributed by atoms with Crippen molar-refractivity contribution < 1.29 is 4.79 Å². The first-order valence-corrected chi connectivity index (χ1v) is 4.71. The number of aryl methyl sites for hydroxylation is 1. The lowest BCUT2D eigenvalue weighted by Gasteiger charge is -1.93. The Morgan fingerprint density at radius 1 is 1.46 bits per heavy atom. The van der Waals surface area contributed by atoms with Gasteiger partial charge in [0.05, 0.1) is 5.69 Å². The van der Waals surface area contributed by atoms with Crippen molar-refractivity contribution in [2.24, 2.45) is 7.05 Å². The number of halogens is 1. The van der Waals surface area contributed by atoms with E-state index in [4.69, 9.17) is 0 Å². The van der Waals surface area contributed by atoms with Crippen molar-refractivity contribution in [3.05, 3.63) is 34.6 Å². The summed E-state index contributed by atoms with van der Waals surface area (Å²) in [5.74, 6) is 0. The van der Waals surface area contributed by atoms with Gasteiger partial charge >= 0.3 is 0 Å². The van der Waals surface area contributed by atoms with E-state index < -0.39 is 0 Å². The summed E-state index contributed by atoms with van der Waals surface area (Å²) in [6.45, 7) is 0. The molecular formula is C10H8BrNO.